The van der Waals surface area contributed by atoms with Crippen molar-refractivity contribution in [3.63, 3.8) is 0 Å². The maximum Gasteiger partial charge on any atom is 0.573 e. The second-order valence-electron chi connectivity index (χ2n) is 8.24. The van der Waals surface area contributed by atoms with Crippen LogP contribution in [0.15, 0.2) is 61.1 Å². The molecule has 1 aliphatic heterocycles. The maximum atomic E-state index is 14.5. The molecule has 0 amide bonds. The van der Waals surface area contributed by atoms with Gasteiger partial charge < -0.3 is 14.5 Å². The van der Waals surface area contributed by atoms with Crippen molar-refractivity contribution in [1.82, 2.24) is 29.6 Å². The number of benzene rings is 1. The minimum absolute atomic E-state index is 0.243. The number of ether oxygens (including phenoxy) is 1. The summed E-state index contributed by atoms with van der Waals surface area (Å²) in [5.41, 5.74) is 0.424. The Bertz CT molecular complexity index is 1370. The predicted octanol–water partition coefficient (Wildman–Crippen LogP) is 4.18. The minimum atomic E-state index is -4.99. The van der Waals surface area contributed by atoms with E-state index < -0.39 is 23.5 Å². The first-order valence-corrected chi connectivity index (χ1v) is 11.1. The van der Waals surface area contributed by atoms with Crippen LogP contribution < -0.4 is 9.64 Å². The second-order valence-corrected chi connectivity index (χ2v) is 8.24. The average molecular weight is 499 g/mol. The Labute approximate surface area is 203 Å². The zero-order valence-electron chi connectivity index (χ0n) is 19.2. The van der Waals surface area contributed by atoms with E-state index in [9.17, 15) is 17.6 Å². The summed E-state index contributed by atoms with van der Waals surface area (Å²) < 4.78 is 58.6. The molecule has 0 bridgehead atoms. The highest BCUT2D eigenvalue weighted by atomic mass is 19.4. The lowest BCUT2D eigenvalue weighted by atomic mass is 10.1. The van der Waals surface area contributed by atoms with Crippen LogP contribution in [0, 0.1) is 5.82 Å². The fraction of sp³-hybridized carbons (Fsp3) is 0.250. The Morgan fingerprint density at radius 1 is 0.917 bits per heavy atom. The van der Waals surface area contributed by atoms with Crippen molar-refractivity contribution >= 4 is 5.82 Å². The molecule has 36 heavy (non-hydrogen) atoms. The molecule has 8 nitrogen and oxygen atoms in total. The SMILES string of the molecule is CN1CCN(c2cccc(-n3cc(-c4ccnc(-c5c(F)cccc5OC(F)(F)F)n4)cn3)n2)CC1. The summed E-state index contributed by atoms with van der Waals surface area (Å²) in [5, 5.41) is 4.37. The highest BCUT2D eigenvalue weighted by molar-refractivity contribution is 5.68. The molecule has 0 atom stereocenters. The fourth-order valence-electron chi connectivity index (χ4n) is 3.90. The first-order chi connectivity index (χ1) is 17.3. The second kappa shape index (κ2) is 9.53. The van der Waals surface area contributed by atoms with E-state index in [-0.39, 0.29) is 5.82 Å². The molecule has 3 aromatic heterocycles. The third-order valence-electron chi connectivity index (χ3n) is 5.74. The molecule has 12 heteroatoms. The van der Waals surface area contributed by atoms with Gasteiger partial charge in [-0.2, -0.15) is 5.10 Å². The number of hydrogen-bond acceptors (Lipinski definition) is 7. The number of nitrogens with zero attached hydrogens (tertiary/aromatic N) is 7. The lowest BCUT2D eigenvalue weighted by Crippen LogP contribution is -2.44. The molecule has 0 radical (unpaired) electrons. The Hall–Kier alpha value is -4.06. The predicted molar refractivity (Wildman–Crippen MR) is 124 cm³/mol. The number of likely N-dealkylation sites (N-methyl/N-ethyl adjacent to an activating group) is 1. The third-order valence-corrected chi connectivity index (χ3v) is 5.74. The molecule has 5 rings (SSSR count). The summed E-state index contributed by atoms with van der Waals surface area (Å²) in [7, 11) is 2.08. The number of halogens is 4. The standard InChI is InChI=1S/C24H21F4N7O/c1-33-10-12-34(13-11-33)20-6-3-7-21(32-20)35-15-16(14-30-35)18-8-9-29-23(31-18)22-17(25)4-2-5-19(22)36-24(26,27)28/h2-9,14-15H,10-13H2,1H3. The molecular weight excluding hydrogens is 478 g/mol. The van der Waals surface area contributed by atoms with Gasteiger partial charge in [0.2, 0.25) is 0 Å². The quantitative estimate of drug-likeness (QED) is 0.382. The van der Waals surface area contributed by atoms with Gasteiger partial charge in [0, 0.05) is 44.1 Å². The topological polar surface area (TPSA) is 72.2 Å². The molecule has 1 fully saturated rings. The Morgan fingerprint density at radius 3 is 2.44 bits per heavy atom. The molecule has 4 aromatic rings. The molecule has 4 heterocycles. The molecule has 0 saturated carbocycles. The van der Waals surface area contributed by atoms with Crippen molar-refractivity contribution in [3.8, 4) is 34.2 Å². The van der Waals surface area contributed by atoms with Crippen molar-refractivity contribution < 1.29 is 22.3 Å². The molecule has 0 unspecified atom stereocenters. The molecule has 0 N–H and O–H groups in total. The first kappa shape index (κ1) is 23.7. The normalized spacial score (nSPS) is 14.8. The number of pyridine rings is 1. The van der Waals surface area contributed by atoms with Crippen LogP contribution in [0.25, 0.3) is 28.5 Å². The van der Waals surface area contributed by atoms with Gasteiger partial charge in [-0.05, 0) is 37.4 Å². The summed E-state index contributed by atoms with van der Waals surface area (Å²) in [4.78, 5) is 17.4. The largest absolute Gasteiger partial charge is 0.573 e. The molecular formula is C24H21F4N7O. The fourth-order valence-corrected chi connectivity index (χ4v) is 3.90. The molecule has 186 valence electrons. The summed E-state index contributed by atoms with van der Waals surface area (Å²) in [6.07, 6.45) is -0.417. The van der Waals surface area contributed by atoms with Gasteiger partial charge in [-0.25, -0.2) is 24.0 Å². The van der Waals surface area contributed by atoms with Crippen LogP contribution >= 0.6 is 0 Å². The van der Waals surface area contributed by atoms with Crippen LogP contribution in [0.1, 0.15) is 0 Å². The van der Waals surface area contributed by atoms with Gasteiger partial charge in [0.1, 0.15) is 17.4 Å². The van der Waals surface area contributed by atoms with Crippen LogP contribution in [0.4, 0.5) is 23.4 Å². The summed E-state index contributed by atoms with van der Waals surface area (Å²) in [6, 6.07) is 10.4. The maximum absolute atomic E-state index is 14.5. The Morgan fingerprint density at radius 2 is 1.67 bits per heavy atom. The number of rotatable bonds is 5. The zero-order valence-corrected chi connectivity index (χ0v) is 19.2. The van der Waals surface area contributed by atoms with Crippen LogP contribution in [0.3, 0.4) is 0 Å². The van der Waals surface area contributed by atoms with Crippen molar-refractivity contribution in [2.24, 2.45) is 0 Å². The highest BCUT2D eigenvalue weighted by Gasteiger charge is 2.33. The van der Waals surface area contributed by atoms with E-state index in [0.717, 1.165) is 50.2 Å². The smallest absolute Gasteiger partial charge is 0.405 e. The lowest BCUT2D eigenvalue weighted by molar-refractivity contribution is -0.274. The van der Waals surface area contributed by atoms with Crippen molar-refractivity contribution in [2.75, 3.05) is 38.1 Å². The Balaban J connectivity index is 1.43. The van der Waals surface area contributed by atoms with Crippen LogP contribution in [-0.2, 0) is 0 Å². The van der Waals surface area contributed by atoms with E-state index in [1.54, 1.807) is 23.1 Å². The van der Waals surface area contributed by atoms with Gasteiger partial charge >= 0.3 is 6.36 Å². The van der Waals surface area contributed by atoms with Gasteiger partial charge in [0.15, 0.2) is 11.6 Å². The first-order valence-electron chi connectivity index (χ1n) is 11.1. The van der Waals surface area contributed by atoms with Crippen molar-refractivity contribution in [2.45, 2.75) is 6.36 Å². The minimum Gasteiger partial charge on any atom is -0.405 e. The molecule has 0 spiro atoms. The van der Waals surface area contributed by atoms with E-state index in [1.165, 1.54) is 6.20 Å². The van der Waals surface area contributed by atoms with E-state index in [1.807, 2.05) is 18.2 Å². The van der Waals surface area contributed by atoms with Gasteiger partial charge in [-0.3, -0.25) is 0 Å². The molecule has 0 aliphatic carbocycles. The lowest BCUT2D eigenvalue weighted by Gasteiger charge is -2.33. The number of alkyl halides is 3. The molecule has 1 aliphatic rings. The number of anilines is 1. The number of hydrogen-bond donors (Lipinski definition) is 0. The van der Waals surface area contributed by atoms with Gasteiger partial charge in [0.25, 0.3) is 0 Å². The van der Waals surface area contributed by atoms with Gasteiger partial charge in [0.05, 0.1) is 17.5 Å². The molecule has 1 aromatic carbocycles. The van der Waals surface area contributed by atoms with E-state index in [2.05, 4.69) is 36.7 Å². The third kappa shape index (κ3) is 5.13. The Kier molecular flexibility index (Phi) is 6.27. The summed E-state index contributed by atoms with van der Waals surface area (Å²) in [5.74, 6) is -0.455. The number of piperazine rings is 1. The van der Waals surface area contributed by atoms with Gasteiger partial charge in [-0.1, -0.05) is 12.1 Å². The summed E-state index contributed by atoms with van der Waals surface area (Å²) >= 11 is 0. The van der Waals surface area contributed by atoms with E-state index in [0.29, 0.717) is 17.1 Å². The van der Waals surface area contributed by atoms with Crippen LogP contribution in [-0.4, -0.2) is 69.2 Å². The highest BCUT2D eigenvalue weighted by Crippen LogP contribution is 2.34. The zero-order chi connectivity index (χ0) is 25.3. The average Bonchev–Trinajstić information content (AvgIpc) is 3.34. The van der Waals surface area contributed by atoms with E-state index >= 15 is 0 Å². The van der Waals surface area contributed by atoms with Crippen molar-refractivity contribution in [1.29, 1.82) is 0 Å². The molecule has 1 saturated heterocycles. The van der Waals surface area contributed by atoms with Gasteiger partial charge in [-0.15, -0.1) is 13.2 Å². The summed E-state index contributed by atoms with van der Waals surface area (Å²) in [6.45, 7) is 3.64. The number of aromatic nitrogens is 5. The van der Waals surface area contributed by atoms with E-state index in [4.69, 9.17) is 4.98 Å². The monoisotopic (exact) mass is 499 g/mol. The van der Waals surface area contributed by atoms with Crippen LogP contribution in [0.5, 0.6) is 5.75 Å². The van der Waals surface area contributed by atoms with Crippen LogP contribution in [0.2, 0.25) is 0 Å². The van der Waals surface area contributed by atoms with Crippen molar-refractivity contribution in [3.05, 3.63) is 66.9 Å².